The second kappa shape index (κ2) is 5.65. The Morgan fingerprint density at radius 3 is 2.81 bits per heavy atom. The maximum Gasteiger partial charge on any atom is 0.308 e. The summed E-state index contributed by atoms with van der Waals surface area (Å²) in [7, 11) is 0. The van der Waals surface area contributed by atoms with Gasteiger partial charge in [-0.2, -0.15) is 0 Å². The van der Waals surface area contributed by atoms with E-state index in [1.807, 2.05) is 30.3 Å². The summed E-state index contributed by atoms with van der Waals surface area (Å²) in [6.45, 7) is 0.706. The van der Waals surface area contributed by atoms with Gasteiger partial charge in [0.2, 0.25) is 5.91 Å². The molecular formula is C15H14N2O3S. The molecule has 0 aliphatic carbocycles. The Hall–Kier alpha value is -2.21. The Balaban J connectivity index is 1.79. The fourth-order valence-electron chi connectivity index (χ4n) is 2.48. The summed E-state index contributed by atoms with van der Waals surface area (Å²) in [5.74, 6) is -1.60. The standard InChI is InChI=1S/C15H14N2O3S/c18-13-6-11(15(19)20)7-17(13)8-12-14(16-9-21-12)10-4-2-1-3-5-10/h1-5,9,11H,6-8H2,(H,19,20). The monoisotopic (exact) mass is 302 g/mol. The number of nitrogens with zero attached hydrogens (tertiary/aromatic N) is 2. The highest BCUT2D eigenvalue weighted by molar-refractivity contribution is 7.10. The summed E-state index contributed by atoms with van der Waals surface area (Å²) in [5.41, 5.74) is 3.63. The molecule has 108 valence electrons. The molecule has 2 aromatic rings. The van der Waals surface area contributed by atoms with Crippen LogP contribution < -0.4 is 0 Å². The van der Waals surface area contributed by atoms with E-state index in [2.05, 4.69) is 4.98 Å². The average molecular weight is 302 g/mol. The van der Waals surface area contributed by atoms with Crippen LogP contribution in [0.4, 0.5) is 0 Å². The van der Waals surface area contributed by atoms with Crippen molar-refractivity contribution in [1.82, 2.24) is 9.88 Å². The average Bonchev–Trinajstić information content (AvgIpc) is 3.08. The molecule has 1 unspecified atom stereocenters. The third kappa shape index (κ3) is 2.80. The molecule has 5 nitrogen and oxygen atoms in total. The Labute approximate surface area is 125 Å². The van der Waals surface area contributed by atoms with Gasteiger partial charge in [-0.05, 0) is 0 Å². The molecule has 1 amide bonds. The Kier molecular flexibility index (Phi) is 3.70. The number of carboxylic acids is 1. The molecule has 21 heavy (non-hydrogen) atoms. The van der Waals surface area contributed by atoms with Crippen molar-refractivity contribution in [3.8, 4) is 11.3 Å². The van der Waals surface area contributed by atoms with Crippen LogP contribution in [0.1, 0.15) is 11.3 Å². The smallest absolute Gasteiger partial charge is 0.308 e. The van der Waals surface area contributed by atoms with E-state index in [4.69, 9.17) is 5.11 Å². The largest absolute Gasteiger partial charge is 0.481 e. The molecule has 3 rings (SSSR count). The summed E-state index contributed by atoms with van der Waals surface area (Å²) >= 11 is 1.49. The van der Waals surface area contributed by atoms with Crippen molar-refractivity contribution in [2.45, 2.75) is 13.0 Å². The molecule has 1 saturated heterocycles. The van der Waals surface area contributed by atoms with E-state index in [9.17, 15) is 9.59 Å². The summed E-state index contributed by atoms with van der Waals surface area (Å²) in [6, 6.07) is 9.78. The highest BCUT2D eigenvalue weighted by atomic mass is 32.1. The minimum Gasteiger partial charge on any atom is -0.481 e. The van der Waals surface area contributed by atoms with Crippen molar-refractivity contribution < 1.29 is 14.7 Å². The van der Waals surface area contributed by atoms with Gasteiger partial charge in [0.25, 0.3) is 0 Å². The molecule has 1 aliphatic rings. The first kappa shape index (κ1) is 13.8. The molecule has 2 heterocycles. The van der Waals surface area contributed by atoms with Gasteiger partial charge < -0.3 is 10.0 Å². The Morgan fingerprint density at radius 1 is 1.38 bits per heavy atom. The number of rotatable bonds is 4. The second-order valence-corrected chi connectivity index (χ2v) is 5.94. The highest BCUT2D eigenvalue weighted by Gasteiger charge is 2.34. The number of carboxylic acid groups (broad SMARTS) is 1. The van der Waals surface area contributed by atoms with Crippen molar-refractivity contribution in [3.63, 3.8) is 0 Å². The Bertz CT molecular complexity index is 669. The normalized spacial score (nSPS) is 18.2. The number of aromatic nitrogens is 1. The molecule has 0 radical (unpaired) electrons. The predicted octanol–water partition coefficient (Wildman–Crippen LogP) is 2.24. The van der Waals surface area contributed by atoms with E-state index < -0.39 is 11.9 Å². The quantitative estimate of drug-likeness (QED) is 0.940. The van der Waals surface area contributed by atoms with E-state index >= 15 is 0 Å². The molecule has 1 aromatic heterocycles. The van der Waals surface area contributed by atoms with Crippen LogP contribution in [0.5, 0.6) is 0 Å². The molecule has 1 N–H and O–H groups in total. The summed E-state index contributed by atoms with van der Waals surface area (Å²) < 4.78 is 0. The van der Waals surface area contributed by atoms with Crippen molar-refractivity contribution >= 4 is 23.2 Å². The van der Waals surface area contributed by atoms with Gasteiger partial charge in [0.15, 0.2) is 0 Å². The van der Waals surface area contributed by atoms with Crippen LogP contribution in [0, 0.1) is 5.92 Å². The number of hydrogen-bond acceptors (Lipinski definition) is 4. The molecule has 1 aromatic carbocycles. The van der Waals surface area contributed by atoms with Gasteiger partial charge in [-0.3, -0.25) is 9.59 Å². The van der Waals surface area contributed by atoms with Gasteiger partial charge in [-0.1, -0.05) is 30.3 Å². The summed E-state index contributed by atoms with van der Waals surface area (Å²) in [5, 5.41) is 9.02. The number of carbonyl (C=O) groups is 2. The zero-order valence-electron chi connectivity index (χ0n) is 11.2. The molecule has 1 atom stereocenters. The zero-order chi connectivity index (χ0) is 14.8. The third-order valence-corrected chi connectivity index (χ3v) is 4.40. The van der Waals surface area contributed by atoms with E-state index in [0.717, 1.165) is 16.1 Å². The van der Waals surface area contributed by atoms with Crippen LogP contribution in [0.15, 0.2) is 35.8 Å². The number of likely N-dealkylation sites (tertiary alicyclic amines) is 1. The number of amides is 1. The lowest BCUT2D eigenvalue weighted by Crippen LogP contribution is -2.25. The zero-order valence-corrected chi connectivity index (χ0v) is 12.0. The maximum atomic E-state index is 11.9. The lowest BCUT2D eigenvalue weighted by Gasteiger charge is -2.15. The molecule has 1 fully saturated rings. The highest BCUT2D eigenvalue weighted by Crippen LogP contribution is 2.28. The predicted molar refractivity (Wildman–Crippen MR) is 78.7 cm³/mol. The molecular weight excluding hydrogens is 288 g/mol. The summed E-state index contributed by atoms with van der Waals surface area (Å²) in [6.07, 6.45) is 0.0921. The van der Waals surface area contributed by atoms with E-state index in [-0.39, 0.29) is 18.9 Å². The van der Waals surface area contributed by atoms with Gasteiger partial charge in [0.05, 0.1) is 28.5 Å². The minimum absolute atomic E-state index is 0.0921. The third-order valence-electron chi connectivity index (χ3n) is 3.59. The maximum absolute atomic E-state index is 11.9. The van der Waals surface area contributed by atoms with Crippen molar-refractivity contribution in [3.05, 3.63) is 40.7 Å². The molecule has 6 heteroatoms. The van der Waals surface area contributed by atoms with Crippen molar-refractivity contribution in [2.24, 2.45) is 5.92 Å². The van der Waals surface area contributed by atoms with Gasteiger partial charge in [0, 0.05) is 18.5 Å². The van der Waals surface area contributed by atoms with E-state index in [1.165, 1.54) is 11.3 Å². The first-order chi connectivity index (χ1) is 10.1. The van der Waals surface area contributed by atoms with Crippen LogP contribution >= 0.6 is 11.3 Å². The van der Waals surface area contributed by atoms with Crippen molar-refractivity contribution in [1.29, 1.82) is 0 Å². The van der Waals surface area contributed by atoms with Crippen LogP contribution in [0.3, 0.4) is 0 Å². The summed E-state index contributed by atoms with van der Waals surface area (Å²) in [4.78, 5) is 29.9. The number of hydrogen-bond donors (Lipinski definition) is 1. The molecule has 0 bridgehead atoms. The first-order valence-corrected chi connectivity index (χ1v) is 7.51. The van der Waals surface area contributed by atoms with E-state index in [1.54, 1.807) is 10.4 Å². The van der Waals surface area contributed by atoms with Crippen LogP contribution in [-0.4, -0.2) is 33.4 Å². The first-order valence-electron chi connectivity index (χ1n) is 6.63. The van der Waals surface area contributed by atoms with Gasteiger partial charge in [-0.15, -0.1) is 11.3 Å². The molecule has 0 spiro atoms. The van der Waals surface area contributed by atoms with Gasteiger partial charge in [-0.25, -0.2) is 4.98 Å². The molecule has 0 saturated carbocycles. The lowest BCUT2D eigenvalue weighted by molar-refractivity contribution is -0.141. The van der Waals surface area contributed by atoms with Crippen LogP contribution in [0.25, 0.3) is 11.3 Å². The van der Waals surface area contributed by atoms with Crippen LogP contribution in [0.2, 0.25) is 0 Å². The fraction of sp³-hybridized carbons (Fsp3) is 0.267. The van der Waals surface area contributed by atoms with Crippen molar-refractivity contribution in [2.75, 3.05) is 6.54 Å². The molecule has 1 aliphatic heterocycles. The van der Waals surface area contributed by atoms with Gasteiger partial charge >= 0.3 is 5.97 Å². The van der Waals surface area contributed by atoms with Gasteiger partial charge in [0.1, 0.15) is 0 Å². The second-order valence-electron chi connectivity index (χ2n) is 5.00. The number of carbonyl (C=O) groups excluding carboxylic acids is 1. The number of thiazole rings is 1. The van der Waals surface area contributed by atoms with Crippen LogP contribution in [-0.2, 0) is 16.1 Å². The SMILES string of the molecule is O=C(O)C1CC(=O)N(Cc2scnc2-c2ccccc2)C1. The topological polar surface area (TPSA) is 70.5 Å². The number of benzene rings is 1. The minimum atomic E-state index is -0.904. The lowest BCUT2D eigenvalue weighted by atomic mass is 10.1. The Morgan fingerprint density at radius 2 is 2.14 bits per heavy atom. The number of aliphatic carboxylic acids is 1. The van der Waals surface area contributed by atoms with E-state index in [0.29, 0.717) is 6.54 Å². The fourth-order valence-corrected chi connectivity index (χ4v) is 3.28.